The van der Waals surface area contributed by atoms with Gasteiger partial charge in [0.25, 0.3) is 0 Å². The van der Waals surface area contributed by atoms with E-state index in [4.69, 9.17) is 19.7 Å². The molecule has 0 radical (unpaired) electrons. The number of pyridine rings is 3. The highest BCUT2D eigenvalue weighted by atomic mass is 16.5. The van der Waals surface area contributed by atoms with Crippen LogP contribution in [0.2, 0.25) is 0 Å². The lowest BCUT2D eigenvalue weighted by Crippen LogP contribution is -2.32. The predicted octanol–water partition coefficient (Wildman–Crippen LogP) is 12.2. The highest BCUT2D eigenvalue weighted by molar-refractivity contribution is 6.12. The summed E-state index contributed by atoms with van der Waals surface area (Å²) < 4.78 is 11.4. The molecule has 0 unspecified atom stereocenters. The number of ether oxygens (including phenoxy) is 1. The summed E-state index contributed by atoms with van der Waals surface area (Å²) in [6, 6.07) is 60.5. The quantitative estimate of drug-likeness (QED) is 0.181. The first-order valence-electron chi connectivity index (χ1n) is 19.6. The summed E-state index contributed by atoms with van der Waals surface area (Å²) in [5.41, 5.74) is 13.3. The van der Waals surface area contributed by atoms with Crippen molar-refractivity contribution in [1.82, 2.24) is 24.1 Å². The van der Waals surface area contributed by atoms with Crippen LogP contribution in [-0.4, -0.2) is 24.1 Å². The first-order valence-corrected chi connectivity index (χ1v) is 19.6. The summed E-state index contributed by atoms with van der Waals surface area (Å²) in [6.07, 6.45) is 5.62. The maximum atomic E-state index is 6.71. The largest absolute Gasteiger partial charge is 0.457 e. The third-order valence-electron chi connectivity index (χ3n) is 12.3. The van der Waals surface area contributed by atoms with Crippen molar-refractivity contribution in [3.63, 3.8) is 0 Å². The van der Waals surface area contributed by atoms with Gasteiger partial charge in [-0.1, -0.05) is 97.1 Å². The summed E-state index contributed by atoms with van der Waals surface area (Å²) in [7, 11) is 0. The number of hydrogen-bond acceptors (Lipinski definition) is 4. The van der Waals surface area contributed by atoms with E-state index in [0.717, 1.165) is 89.8 Å². The average Bonchev–Trinajstić information content (AvgIpc) is 3.91. The van der Waals surface area contributed by atoms with E-state index in [-0.39, 0.29) is 0 Å². The van der Waals surface area contributed by atoms with Gasteiger partial charge in [-0.15, -0.1) is 0 Å². The standard InChI is InChI=1S/C52H31N5O/c1-6-19-43-34(12-1)35-13-2-7-20-44(35)57(43)51-46(21-11-29-55-51)56-42-18-5-3-14-36(42)37-30-32(23-25-45(37)56)33-24-26-48-41(31-33)52(38-15-4-8-22-47(38)58-48)39-16-9-27-53-49(39)50-40(52)17-10-28-54-50/h1-31H. The average molecular weight is 742 g/mol. The van der Waals surface area contributed by atoms with Crippen LogP contribution in [0.1, 0.15) is 22.3 Å². The number of para-hydroxylation sites is 4. The van der Waals surface area contributed by atoms with E-state index >= 15 is 0 Å². The fraction of sp³-hybridized carbons (Fsp3) is 0.0192. The van der Waals surface area contributed by atoms with Crippen LogP contribution in [0.3, 0.4) is 0 Å². The van der Waals surface area contributed by atoms with E-state index in [1.165, 1.54) is 21.5 Å². The van der Waals surface area contributed by atoms with Crippen molar-refractivity contribution < 1.29 is 4.74 Å². The fourth-order valence-electron chi connectivity index (χ4n) is 10.0. The molecule has 5 aromatic heterocycles. The van der Waals surface area contributed by atoms with Gasteiger partial charge in [-0.05, 0) is 95.1 Å². The lowest BCUT2D eigenvalue weighted by molar-refractivity contribution is 0.436. The van der Waals surface area contributed by atoms with E-state index < -0.39 is 5.41 Å². The Labute approximate surface area is 332 Å². The molecular weight excluding hydrogens is 711 g/mol. The predicted molar refractivity (Wildman–Crippen MR) is 231 cm³/mol. The minimum Gasteiger partial charge on any atom is -0.457 e. The van der Waals surface area contributed by atoms with Gasteiger partial charge in [0, 0.05) is 51.3 Å². The van der Waals surface area contributed by atoms with Crippen LogP contribution in [0, 0.1) is 0 Å². The molecule has 0 atom stereocenters. The Bertz CT molecular complexity index is 3420. The lowest BCUT2D eigenvalue weighted by atomic mass is 9.66. The highest BCUT2D eigenvalue weighted by Crippen LogP contribution is 2.61. The Morgan fingerprint density at radius 1 is 0.379 bits per heavy atom. The molecule has 0 fully saturated rings. The zero-order valence-electron chi connectivity index (χ0n) is 31.0. The van der Waals surface area contributed by atoms with Gasteiger partial charge in [0.15, 0.2) is 5.82 Å². The van der Waals surface area contributed by atoms with Crippen LogP contribution in [0.15, 0.2) is 188 Å². The second kappa shape index (κ2) is 11.6. The summed E-state index contributed by atoms with van der Waals surface area (Å²) in [4.78, 5) is 14.9. The summed E-state index contributed by atoms with van der Waals surface area (Å²) in [5.74, 6) is 2.56. The molecule has 0 saturated carbocycles. The minimum atomic E-state index is -0.642. The van der Waals surface area contributed by atoms with Crippen LogP contribution in [0.25, 0.3) is 77.6 Å². The molecule has 11 aromatic rings. The Hall–Kier alpha value is -7.83. The molecule has 0 saturated heterocycles. The van der Waals surface area contributed by atoms with Gasteiger partial charge in [-0.3, -0.25) is 14.5 Å². The molecule has 13 rings (SSSR count). The molecule has 0 N–H and O–H groups in total. The molecule has 6 heteroatoms. The maximum absolute atomic E-state index is 6.71. The summed E-state index contributed by atoms with van der Waals surface area (Å²) in [5, 5.41) is 4.77. The molecule has 6 heterocycles. The zero-order chi connectivity index (χ0) is 38.0. The van der Waals surface area contributed by atoms with Gasteiger partial charge in [0.2, 0.25) is 0 Å². The zero-order valence-corrected chi connectivity index (χ0v) is 31.0. The third-order valence-corrected chi connectivity index (χ3v) is 12.3. The van der Waals surface area contributed by atoms with Crippen LogP contribution < -0.4 is 4.74 Å². The van der Waals surface area contributed by atoms with Gasteiger partial charge >= 0.3 is 0 Å². The van der Waals surface area contributed by atoms with Gasteiger partial charge in [-0.2, -0.15) is 0 Å². The summed E-state index contributed by atoms with van der Waals surface area (Å²) in [6.45, 7) is 0. The second-order valence-corrected chi connectivity index (χ2v) is 15.2. The molecule has 1 spiro atoms. The molecule has 0 amide bonds. The van der Waals surface area contributed by atoms with Gasteiger partial charge in [0.1, 0.15) is 11.5 Å². The number of nitrogens with zero attached hydrogens (tertiary/aromatic N) is 5. The number of aromatic nitrogens is 5. The molecule has 58 heavy (non-hydrogen) atoms. The molecule has 1 aliphatic heterocycles. The molecular formula is C52H31N5O. The molecule has 6 nitrogen and oxygen atoms in total. The van der Waals surface area contributed by atoms with Crippen LogP contribution in [-0.2, 0) is 5.41 Å². The van der Waals surface area contributed by atoms with E-state index in [2.05, 4.69) is 155 Å². The molecule has 6 aromatic carbocycles. The van der Waals surface area contributed by atoms with E-state index in [9.17, 15) is 0 Å². The Morgan fingerprint density at radius 3 is 1.62 bits per heavy atom. The maximum Gasteiger partial charge on any atom is 0.162 e. The van der Waals surface area contributed by atoms with Crippen molar-refractivity contribution in [2.45, 2.75) is 5.41 Å². The smallest absolute Gasteiger partial charge is 0.162 e. The van der Waals surface area contributed by atoms with E-state index in [1.54, 1.807) is 0 Å². The topological polar surface area (TPSA) is 57.8 Å². The monoisotopic (exact) mass is 741 g/mol. The van der Waals surface area contributed by atoms with Gasteiger partial charge < -0.3 is 9.30 Å². The van der Waals surface area contributed by atoms with Gasteiger partial charge in [-0.25, -0.2) is 4.98 Å². The Kier molecular flexibility index (Phi) is 6.28. The van der Waals surface area contributed by atoms with Crippen LogP contribution in [0.5, 0.6) is 11.5 Å². The van der Waals surface area contributed by atoms with Crippen molar-refractivity contribution in [1.29, 1.82) is 0 Å². The third kappa shape index (κ3) is 4.03. The highest BCUT2D eigenvalue weighted by Gasteiger charge is 2.52. The van der Waals surface area contributed by atoms with Crippen molar-refractivity contribution >= 4 is 43.6 Å². The van der Waals surface area contributed by atoms with Crippen molar-refractivity contribution in [2.75, 3.05) is 0 Å². The Balaban J connectivity index is 1.03. The fourth-order valence-corrected chi connectivity index (χ4v) is 10.0. The summed E-state index contributed by atoms with van der Waals surface area (Å²) >= 11 is 0. The van der Waals surface area contributed by atoms with Crippen LogP contribution >= 0.6 is 0 Å². The van der Waals surface area contributed by atoms with Crippen molar-refractivity contribution in [3.8, 4) is 45.5 Å². The normalized spacial score (nSPS) is 13.4. The number of benzene rings is 6. The van der Waals surface area contributed by atoms with Gasteiger partial charge in [0.05, 0.1) is 44.6 Å². The molecule has 0 bridgehead atoms. The molecule has 270 valence electrons. The first kappa shape index (κ1) is 31.4. The molecule has 1 aliphatic carbocycles. The van der Waals surface area contributed by atoms with E-state index in [1.807, 2.05) is 42.9 Å². The van der Waals surface area contributed by atoms with Crippen molar-refractivity contribution in [3.05, 3.63) is 211 Å². The second-order valence-electron chi connectivity index (χ2n) is 15.2. The van der Waals surface area contributed by atoms with Crippen molar-refractivity contribution in [2.24, 2.45) is 0 Å². The van der Waals surface area contributed by atoms with Crippen LogP contribution in [0.4, 0.5) is 0 Å². The SMILES string of the molecule is c1ccc2c(c1)Oc1ccc(-c3ccc4c(c3)c3ccccc3n4-c3cccnc3-n3c4ccccc4c4ccccc43)cc1C21c2cccnc2-c2ncccc21. The molecule has 2 aliphatic rings. The lowest BCUT2D eigenvalue weighted by Gasteiger charge is -2.39. The number of hydrogen-bond donors (Lipinski definition) is 0. The number of rotatable bonds is 3. The Morgan fingerprint density at radius 2 is 0.897 bits per heavy atom. The number of fused-ring (bicyclic) bond motifs is 15. The van der Waals surface area contributed by atoms with E-state index in [0.29, 0.717) is 0 Å². The minimum absolute atomic E-state index is 0.642. The first-order chi connectivity index (χ1) is 28.8.